The Balaban J connectivity index is 2.64. The topological polar surface area (TPSA) is 46.0 Å². The van der Waals surface area contributed by atoms with Gasteiger partial charge < -0.3 is 5.11 Å². The molecule has 1 N–H and O–H groups in total. The van der Waals surface area contributed by atoms with Crippen LogP contribution in [-0.2, 0) is 0 Å². The van der Waals surface area contributed by atoms with Gasteiger partial charge in [-0.1, -0.05) is 0 Å². The van der Waals surface area contributed by atoms with Gasteiger partial charge in [-0.3, -0.25) is 9.97 Å². The number of nitrogens with zero attached hydrogens (tertiary/aromatic N) is 2. The molecule has 1 aromatic heterocycles. The standard InChI is InChI=1S/C7H7F3N2O/c8-7(9,10)3-6(13)5-4-11-1-2-12-5/h1-2,4,6,13H,3H2. The normalized spacial score (nSPS) is 14.2. The summed E-state index contributed by atoms with van der Waals surface area (Å²) in [5, 5.41) is 9.03. The maximum Gasteiger partial charge on any atom is 0.391 e. The Bertz CT molecular complexity index is 262. The van der Waals surface area contributed by atoms with Crippen molar-refractivity contribution in [3.8, 4) is 0 Å². The number of halogens is 3. The predicted octanol–water partition coefficient (Wildman–Crippen LogP) is 1.46. The lowest BCUT2D eigenvalue weighted by Crippen LogP contribution is -2.14. The van der Waals surface area contributed by atoms with Crippen LogP contribution in [0.5, 0.6) is 0 Å². The minimum Gasteiger partial charge on any atom is -0.386 e. The van der Waals surface area contributed by atoms with Gasteiger partial charge in [-0.25, -0.2) is 0 Å². The zero-order valence-corrected chi connectivity index (χ0v) is 6.49. The minimum atomic E-state index is -4.39. The first kappa shape index (κ1) is 9.91. The third-order valence-electron chi connectivity index (χ3n) is 1.35. The first-order valence-electron chi connectivity index (χ1n) is 3.50. The monoisotopic (exact) mass is 192 g/mol. The molecule has 6 heteroatoms. The summed E-state index contributed by atoms with van der Waals surface area (Å²) in [6, 6.07) is 0. The third kappa shape index (κ3) is 3.37. The minimum absolute atomic E-state index is 0.0696. The molecule has 0 saturated carbocycles. The summed E-state index contributed by atoms with van der Waals surface area (Å²) in [5.74, 6) is 0. The quantitative estimate of drug-likeness (QED) is 0.771. The molecule has 0 aromatic carbocycles. The fourth-order valence-electron chi connectivity index (χ4n) is 0.807. The zero-order valence-electron chi connectivity index (χ0n) is 6.49. The second-order valence-corrected chi connectivity index (χ2v) is 2.47. The van der Waals surface area contributed by atoms with Crippen LogP contribution in [0.3, 0.4) is 0 Å². The second-order valence-electron chi connectivity index (χ2n) is 2.47. The molecule has 0 amide bonds. The van der Waals surface area contributed by atoms with Crippen LogP contribution < -0.4 is 0 Å². The molecule has 0 aliphatic heterocycles. The summed E-state index contributed by atoms with van der Waals surface area (Å²) in [7, 11) is 0. The Hall–Kier alpha value is -1.17. The fourth-order valence-corrected chi connectivity index (χ4v) is 0.807. The number of hydrogen-bond acceptors (Lipinski definition) is 3. The lowest BCUT2D eigenvalue weighted by atomic mass is 10.2. The maximum absolute atomic E-state index is 11.8. The summed E-state index contributed by atoms with van der Waals surface area (Å²) in [6.07, 6.45) is -3.66. The van der Waals surface area contributed by atoms with Crippen LogP contribution in [0.25, 0.3) is 0 Å². The molecule has 0 radical (unpaired) electrons. The van der Waals surface area contributed by atoms with Crippen LogP contribution in [0, 0.1) is 0 Å². The zero-order chi connectivity index (χ0) is 9.90. The highest BCUT2D eigenvalue weighted by molar-refractivity contribution is 4.99. The molecule has 72 valence electrons. The van der Waals surface area contributed by atoms with E-state index in [1.54, 1.807) is 0 Å². The van der Waals surface area contributed by atoms with E-state index in [-0.39, 0.29) is 5.69 Å². The summed E-state index contributed by atoms with van der Waals surface area (Å²) in [4.78, 5) is 7.10. The van der Waals surface area contributed by atoms with Crippen molar-refractivity contribution < 1.29 is 18.3 Å². The first-order valence-corrected chi connectivity index (χ1v) is 3.50. The van der Waals surface area contributed by atoms with Gasteiger partial charge in [-0.05, 0) is 0 Å². The van der Waals surface area contributed by atoms with Crippen LogP contribution in [0.15, 0.2) is 18.6 Å². The van der Waals surface area contributed by atoms with Gasteiger partial charge in [0.1, 0.15) is 6.10 Å². The number of rotatable bonds is 2. The van der Waals surface area contributed by atoms with Crippen molar-refractivity contribution in [2.75, 3.05) is 0 Å². The van der Waals surface area contributed by atoms with E-state index in [4.69, 9.17) is 5.11 Å². The van der Waals surface area contributed by atoms with Gasteiger partial charge in [0, 0.05) is 12.4 Å². The van der Waals surface area contributed by atoms with Crippen molar-refractivity contribution in [3.63, 3.8) is 0 Å². The van der Waals surface area contributed by atoms with Crippen LogP contribution in [0.4, 0.5) is 13.2 Å². The SMILES string of the molecule is OC(CC(F)(F)F)c1cnccn1. The molecule has 1 unspecified atom stereocenters. The van der Waals surface area contributed by atoms with E-state index in [2.05, 4.69) is 9.97 Å². The van der Waals surface area contributed by atoms with E-state index in [1.807, 2.05) is 0 Å². The molecule has 1 atom stereocenters. The van der Waals surface area contributed by atoms with Gasteiger partial charge in [0.25, 0.3) is 0 Å². The molecular formula is C7H7F3N2O. The lowest BCUT2D eigenvalue weighted by molar-refractivity contribution is -0.154. The van der Waals surface area contributed by atoms with Gasteiger partial charge in [0.15, 0.2) is 0 Å². The van der Waals surface area contributed by atoms with Crippen molar-refractivity contribution in [3.05, 3.63) is 24.3 Å². The van der Waals surface area contributed by atoms with Crippen molar-refractivity contribution in [2.45, 2.75) is 18.7 Å². The number of aliphatic hydroxyl groups is 1. The Labute approximate surface area is 72.3 Å². The summed E-state index contributed by atoms with van der Waals surface area (Å²) in [6.45, 7) is 0. The van der Waals surface area contributed by atoms with Gasteiger partial charge >= 0.3 is 6.18 Å². The molecule has 1 aromatic rings. The molecule has 0 bridgehead atoms. The highest BCUT2D eigenvalue weighted by atomic mass is 19.4. The van der Waals surface area contributed by atoms with E-state index < -0.39 is 18.7 Å². The van der Waals surface area contributed by atoms with E-state index in [1.165, 1.54) is 12.4 Å². The van der Waals surface area contributed by atoms with Gasteiger partial charge in [-0.15, -0.1) is 0 Å². The van der Waals surface area contributed by atoms with E-state index in [9.17, 15) is 13.2 Å². The van der Waals surface area contributed by atoms with Crippen LogP contribution >= 0.6 is 0 Å². The Morgan fingerprint density at radius 2 is 2.08 bits per heavy atom. The molecule has 1 heterocycles. The average molecular weight is 192 g/mol. The molecule has 0 aliphatic carbocycles. The fraction of sp³-hybridized carbons (Fsp3) is 0.429. The second kappa shape index (κ2) is 3.69. The maximum atomic E-state index is 11.8. The summed E-state index contributed by atoms with van der Waals surface area (Å²) >= 11 is 0. The van der Waals surface area contributed by atoms with Crippen LogP contribution in [-0.4, -0.2) is 21.3 Å². The lowest BCUT2D eigenvalue weighted by Gasteiger charge is -2.11. The number of aliphatic hydroxyl groups excluding tert-OH is 1. The molecular weight excluding hydrogens is 185 g/mol. The van der Waals surface area contributed by atoms with E-state index in [0.29, 0.717) is 0 Å². The first-order chi connectivity index (χ1) is 5.99. The van der Waals surface area contributed by atoms with Gasteiger partial charge in [0.2, 0.25) is 0 Å². The van der Waals surface area contributed by atoms with E-state index in [0.717, 1.165) is 6.20 Å². The number of alkyl halides is 3. The molecule has 3 nitrogen and oxygen atoms in total. The smallest absolute Gasteiger partial charge is 0.386 e. The largest absolute Gasteiger partial charge is 0.391 e. The summed E-state index contributed by atoms with van der Waals surface area (Å²) < 4.78 is 35.4. The van der Waals surface area contributed by atoms with Crippen molar-refractivity contribution >= 4 is 0 Å². The Morgan fingerprint density at radius 1 is 1.38 bits per heavy atom. The van der Waals surface area contributed by atoms with Crippen molar-refractivity contribution in [2.24, 2.45) is 0 Å². The molecule has 13 heavy (non-hydrogen) atoms. The number of hydrogen-bond donors (Lipinski definition) is 1. The average Bonchev–Trinajstić information content (AvgIpc) is 2.03. The van der Waals surface area contributed by atoms with Crippen LogP contribution in [0.1, 0.15) is 18.2 Å². The molecule has 0 fully saturated rings. The van der Waals surface area contributed by atoms with Crippen molar-refractivity contribution in [1.82, 2.24) is 9.97 Å². The summed E-state index contributed by atoms with van der Waals surface area (Å²) in [5.41, 5.74) is -0.0696. The van der Waals surface area contributed by atoms with E-state index >= 15 is 0 Å². The Morgan fingerprint density at radius 3 is 2.54 bits per heavy atom. The van der Waals surface area contributed by atoms with Gasteiger partial charge in [0.05, 0.1) is 18.3 Å². The highest BCUT2D eigenvalue weighted by Gasteiger charge is 2.32. The van der Waals surface area contributed by atoms with Crippen LogP contribution in [0.2, 0.25) is 0 Å². The Kier molecular flexibility index (Phi) is 2.82. The predicted molar refractivity (Wildman–Crippen MR) is 37.7 cm³/mol. The van der Waals surface area contributed by atoms with Crippen molar-refractivity contribution in [1.29, 1.82) is 0 Å². The molecule has 1 rings (SSSR count). The third-order valence-corrected chi connectivity index (χ3v) is 1.35. The molecule has 0 aliphatic rings. The molecule has 0 spiro atoms. The number of aromatic nitrogens is 2. The highest BCUT2D eigenvalue weighted by Crippen LogP contribution is 2.27. The molecule has 0 saturated heterocycles. The van der Waals surface area contributed by atoms with Gasteiger partial charge in [-0.2, -0.15) is 13.2 Å².